The van der Waals surface area contributed by atoms with Crippen molar-refractivity contribution in [2.45, 2.75) is 40.8 Å². The number of fused-ring (bicyclic) bond motifs is 2. The molecule has 1 aromatic heterocycles. The zero-order valence-corrected chi connectivity index (χ0v) is 28.4. The van der Waals surface area contributed by atoms with Gasteiger partial charge in [-0.2, -0.15) is 0 Å². The van der Waals surface area contributed by atoms with E-state index in [1.807, 2.05) is 0 Å². The average Bonchev–Trinajstić information content (AvgIpc) is 3.79. The molecule has 2 heterocycles. The third-order valence-electron chi connectivity index (χ3n) is 9.36. The van der Waals surface area contributed by atoms with Crippen LogP contribution < -0.4 is 19.3 Å². The maximum absolute atomic E-state index is 2.41. The standard InChI is InChI=1S/C43H44N5/c1-5-44-37-23-15-16-24-38(37)45(6-2)41(44)31-29-33-27-28-34(30-32-42-46(7-3)39-25-17-18-26-40(39)47(42)8-4)43(33)48(35-19-11-9-12-20-35)36-21-13-10-14-22-36/h9-32H,5-8H2,1-4H3/q+1. The molecule has 0 atom stereocenters. The number of hydrogen-bond donors (Lipinski definition) is 0. The first-order valence-corrected chi connectivity index (χ1v) is 17.3. The number of anilines is 4. The zero-order valence-electron chi connectivity index (χ0n) is 28.4. The molecular weight excluding hydrogens is 587 g/mol. The topological polar surface area (TPSA) is 18.5 Å². The minimum atomic E-state index is 0.901. The van der Waals surface area contributed by atoms with Crippen molar-refractivity contribution in [2.24, 2.45) is 0 Å². The molecule has 0 radical (unpaired) electrons. The van der Waals surface area contributed by atoms with Gasteiger partial charge in [0.1, 0.15) is 5.82 Å². The van der Waals surface area contributed by atoms with E-state index in [0.29, 0.717) is 0 Å². The first-order chi connectivity index (χ1) is 23.7. The van der Waals surface area contributed by atoms with Gasteiger partial charge < -0.3 is 14.7 Å². The van der Waals surface area contributed by atoms with Gasteiger partial charge >= 0.3 is 0 Å². The maximum Gasteiger partial charge on any atom is 0.282 e. The summed E-state index contributed by atoms with van der Waals surface area (Å²) in [5.74, 6) is 2.40. The van der Waals surface area contributed by atoms with Gasteiger partial charge in [0.25, 0.3) is 5.82 Å². The summed E-state index contributed by atoms with van der Waals surface area (Å²) in [5, 5.41) is 0. The Morgan fingerprint density at radius 3 is 1.77 bits per heavy atom. The van der Waals surface area contributed by atoms with E-state index in [-0.39, 0.29) is 0 Å². The highest BCUT2D eigenvalue weighted by molar-refractivity contribution is 5.83. The van der Waals surface area contributed by atoms with Crippen molar-refractivity contribution >= 4 is 39.9 Å². The highest BCUT2D eigenvalue weighted by atomic mass is 15.4. The lowest BCUT2D eigenvalue weighted by atomic mass is 10.1. The molecule has 0 amide bonds. The first-order valence-electron chi connectivity index (χ1n) is 17.3. The highest BCUT2D eigenvalue weighted by Gasteiger charge is 2.29. The Hall–Kier alpha value is -5.55. The third kappa shape index (κ3) is 5.45. The minimum absolute atomic E-state index is 0.901. The summed E-state index contributed by atoms with van der Waals surface area (Å²) >= 11 is 0. The Bertz CT molecular complexity index is 1960. The van der Waals surface area contributed by atoms with Gasteiger partial charge in [0, 0.05) is 30.5 Å². The molecule has 0 N–H and O–H groups in total. The number of hydrogen-bond acceptors (Lipinski definition) is 3. The molecule has 0 unspecified atom stereocenters. The fourth-order valence-electron chi connectivity index (χ4n) is 7.24. The van der Waals surface area contributed by atoms with E-state index in [2.05, 4.69) is 197 Å². The molecule has 5 aromatic rings. The van der Waals surface area contributed by atoms with Crippen molar-refractivity contribution in [1.82, 2.24) is 4.57 Å². The van der Waals surface area contributed by atoms with Crippen LogP contribution in [0.25, 0.3) is 17.1 Å². The van der Waals surface area contributed by atoms with Crippen LogP contribution in [0.15, 0.2) is 162 Å². The smallest absolute Gasteiger partial charge is 0.282 e. The average molecular weight is 631 g/mol. The Labute approximate surface area is 285 Å². The number of aromatic nitrogens is 2. The lowest BCUT2D eigenvalue weighted by Gasteiger charge is -2.28. The van der Waals surface area contributed by atoms with Crippen LogP contribution >= 0.6 is 0 Å². The number of aryl methyl sites for hydroxylation is 2. The lowest BCUT2D eigenvalue weighted by Crippen LogP contribution is -2.35. The molecular formula is C43H44N5+. The van der Waals surface area contributed by atoms with E-state index in [9.17, 15) is 0 Å². The third-order valence-corrected chi connectivity index (χ3v) is 9.36. The summed E-state index contributed by atoms with van der Waals surface area (Å²) in [6.45, 7) is 12.5. The van der Waals surface area contributed by atoms with Gasteiger partial charge in [-0.3, -0.25) is 0 Å². The molecule has 5 nitrogen and oxygen atoms in total. The summed E-state index contributed by atoms with van der Waals surface area (Å²) in [6, 6.07) is 38.9. The van der Waals surface area contributed by atoms with Crippen molar-refractivity contribution in [3.8, 4) is 0 Å². The predicted molar refractivity (Wildman–Crippen MR) is 202 cm³/mol. The van der Waals surface area contributed by atoms with Crippen molar-refractivity contribution in [2.75, 3.05) is 27.8 Å². The van der Waals surface area contributed by atoms with Crippen molar-refractivity contribution in [3.63, 3.8) is 0 Å². The van der Waals surface area contributed by atoms with Crippen LogP contribution in [0.1, 0.15) is 33.5 Å². The Morgan fingerprint density at radius 2 is 1.19 bits per heavy atom. The van der Waals surface area contributed by atoms with Crippen LogP contribution in [0.3, 0.4) is 0 Å². The second kappa shape index (κ2) is 13.7. The summed E-state index contributed by atoms with van der Waals surface area (Å²) in [6.07, 6.45) is 13.7. The van der Waals surface area contributed by atoms with E-state index in [1.54, 1.807) is 0 Å². The van der Waals surface area contributed by atoms with Gasteiger partial charge in [-0.1, -0.05) is 72.8 Å². The Morgan fingerprint density at radius 1 is 0.604 bits per heavy atom. The Balaban J connectivity index is 1.41. The normalized spacial score (nSPS) is 15.1. The van der Waals surface area contributed by atoms with Crippen LogP contribution in [0.4, 0.5) is 22.7 Å². The number of imidazole rings is 1. The molecule has 0 fully saturated rings. The van der Waals surface area contributed by atoms with Crippen LogP contribution in [0.2, 0.25) is 0 Å². The van der Waals surface area contributed by atoms with E-state index >= 15 is 0 Å². The second-order valence-corrected chi connectivity index (χ2v) is 11.9. The van der Waals surface area contributed by atoms with Gasteiger partial charge in [0.15, 0.2) is 11.0 Å². The highest BCUT2D eigenvalue weighted by Crippen LogP contribution is 2.42. The van der Waals surface area contributed by atoms with Gasteiger partial charge in [-0.05, 0) is 106 Å². The predicted octanol–water partition coefficient (Wildman–Crippen LogP) is 9.78. The molecule has 1 aliphatic carbocycles. The van der Waals surface area contributed by atoms with Crippen molar-refractivity contribution in [1.29, 1.82) is 0 Å². The number of nitrogens with zero attached hydrogens (tertiary/aromatic N) is 5. The fourth-order valence-corrected chi connectivity index (χ4v) is 7.24. The number of allylic oxidation sites excluding steroid dienone is 6. The molecule has 0 saturated carbocycles. The number of benzene rings is 4. The summed E-state index contributed by atoms with van der Waals surface area (Å²) < 4.78 is 4.83. The first kappa shape index (κ1) is 31.1. The van der Waals surface area contributed by atoms with E-state index in [1.165, 1.54) is 34.1 Å². The molecule has 0 bridgehead atoms. The molecule has 240 valence electrons. The molecule has 48 heavy (non-hydrogen) atoms. The fraction of sp³-hybridized carbons (Fsp3) is 0.186. The van der Waals surface area contributed by atoms with Crippen LogP contribution in [0, 0.1) is 0 Å². The second-order valence-electron chi connectivity index (χ2n) is 11.9. The van der Waals surface area contributed by atoms with Crippen LogP contribution in [0.5, 0.6) is 0 Å². The number of rotatable bonds is 10. The molecule has 0 saturated heterocycles. The number of para-hydroxylation sites is 6. The summed E-state index contributed by atoms with van der Waals surface area (Å²) in [5.41, 5.74) is 10.8. The molecule has 0 spiro atoms. The zero-order chi connectivity index (χ0) is 33.0. The molecule has 1 aliphatic heterocycles. The van der Waals surface area contributed by atoms with Crippen molar-refractivity contribution < 1.29 is 4.57 Å². The lowest BCUT2D eigenvalue weighted by molar-refractivity contribution is -0.670. The van der Waals surface area contributed by atoms with Crippen LogP contribution in [-0.4, -0.2) is 17.7 Å². The monoisotopic (exact) mass is 630 g/mol. The van der Waals surface area contributed by atoms with Crippen molar-refractivity contribution in [3.05, 3.63) is 168 Å². The minimum Gasteiger partial charge on any atom is -0.326 e. The van der Waals surface area contributed by atoms with Gasteiger partial charge in [-0.25, -0.2) is 9.13 Å². The van der Waals surface area contributed by atoms with Gasteiger partial charge in [0.2, 0.25) is 0 Å². The van der Waals surface area contributed by atoms with E-state index in [4.69, 9.17) is 0 Å². The van der Waals surface area contributed by atoms with Gasteiger partial charge in [0.05, 0.1) is 30.2 Å². The Kier molecular flexibility index (Phi) is 8.84. The van der Waals surface area contributed by atoms with Crippen LogP contribution in [-0.2, 0) is 13.1 Å². The van der Waals surface area contributed by atoms with E-state index < -0.39 is 0 Å². The summed E-state index contributed by atoms with van der Waals surface area (Å²) in [4.78, 5) is 7.22. The molecule has 7 rings (SSSR count). The molecule has 5 heteroatoms. The maximum atomic E-state index is 2.41. The quantitative estimate of drug-likeness (QED) is 0.143. The molecule has 2 aliphatic rings. The SMILES string of the molecule is CCN1C(=CC=C2C=CC(C=Cc3n(CC)c4ccccc4[n+]3CC)=C2N(c2ccccc2)c2ccccc2)N(CC)c2ccccc21. The van der Waals surface area contributed by atoms with Gasteiger partial charge in [-0.15, -0.1) is 0 Å². The summed E-state index contributed by atoms with van der Waals surface area (Å²) in [7, 11) is 0. The largest absolute Gasteiger partial charge is 0.326 e. The molecule has 4 aromatic carbocycles. The van der Waals surface area contributed by atoms with E-state index in [0.717, 1.165) is 54.4 Å².